The van der Waals surface area contributed by atoms with Gasteiger partial charge in [0.1, 0.15) is 0 Å². The number of aliphatic hydroxyl groups excluding tert-OH is 1. The van der Waals surface area contributed by atoms with Crippen LogP contribution < -0.4 is 0 Å². The molecule has 0 bridgehead atoms. The van der Waals surface area contributed by atoms with Crippen LogP contribution in [0, 0.1) is 0 Å². The average molecular weight is 138 g/mol. The molecular weight excluding hydrogens is 132 g/mol. The number of rotatable bonds is 3. The summed E-state index contributed by atoms with van der Waals surface area (Å²) in [6.07, 6.45) is -0.443. The molecule has 1 unspecified atom stereocenters. The molecule has 0 aromatic carbocycles. The van der Waals surface area contributed by atoms with Gasteiger partial charge in [-0.05, 0) is 6.08 Å². The van der Waals surface area contributed by atoms with Gasteiger partial charge in [-0.3, -0.25) is 0 Å². The fourth-order valence-electron chi connectivity index (χ4n) is 0.131. The quantitative estimate of drug-likeness (QED) is 0.299. The second kappa shape index (κ2) is 3.59. The molecule has 0 heterocycles. The van der Waals surface area contributed by atoms with Crippen LogP contribution in [0.25, 0.3) is 0 Å². The van der Waals surface area contributed by atoms with E-state index in [-0.39, 0.29) is 0 Å². The Bertz CT molecular complexity index is 130. The van der Waals surface area contributed by atoms with Gasteiger partial charge in [-0.15, -0.1) is 0 Å². The Balaban J connectivity index is 3.54. The summed E-state index contributed by atoms with van der Waals surface area (Å²) in [6, 6.07) is 0. The van der Waals surface area contributed by atoms with Gasteiger partial charge < -0.3 is 5.11 Å². The van der Waals surface area contributed by atoms with Gasteiger partial charge in [0, 0.05) is 0 Å². The van der Waals surface area contributed by atoms with Crippen LogP contribution in [0.3, 0.4) is 0 Å². The summed E-state index contributed by atoms with van der Waals surface area (Å²) in [4.78, 5) is 0. The molecule has 0 amide bonds. The highest BCUT2D eigenvalue weighted by Gasteiger charge is 1.94. The van der Waals surface area contributed by atoms with Crippen molar-refractivity contribution in [1.82, 2.24) is 0 Å². The fraction of sp³-hybridized carbons (Fsp3) is 0.333. The van der Waals surface area contributed by atoms with Gasteiger partial charge in [-0.1, -0.05) is 6.58 Å². The first-order chi connectivity index (χ1) is 3.66. The van der Waals surface area contributed by atoms with Gasteiger partial charge in [0.25, 0.3) is 11.0 Å². The number of thiol groups is 1. The van der Waals surface area contributed by atoms with Crippen LogP contribution >= 0.6 is 0 Å². The van der Waals surface area contributed by atoms with E-state index in [1.165, 1.54) is 0 Å². The largest absolute Gasteiger partial charge is 0.364 e. The molecule has 0 saturated heterocycles. The smallest absolute Gasteiger partial charge is 0.259 e. The van der Waals surface area contributed by atoms with E-state index in [0.29, 0.717) is 0 Å². The standard InChI is InChI=1S/C3H6O4S/c1-2-3(4)7-8(5)6/h2-4,8H,1H2. The monoisotopic (exact) mass is 138 g/mol. The number of hydrogen-bond acceptors (Lipinski definition) is 4. The molecule has 4 nitrogen and oxygen atoms in total. The first-order valence-electron chi connectivity index (χ1n) is 1.78. The Morgan fingerprint density at radius 3 is 2.38 bits per heavy atom. The third kappa shape index (κ3) is 3.79. The van der Waals surface area contributed by atoms with Gasteiger partial charge >= 0.3 is 0 Å². The lowest BCUT2D eigenvalue weighted by Gasteiger charge is -1.95. The predicted molar refractivity (Wildman–Crippen MR) is 27.6 cm³/mol. The zero-order valence-electron chi connectivity index (χ0n) is 3.98. The highest BCUT2D eigenvalue weighted by Crippen LogP contribution is 1.84. The Morgan fingerprint density at radius 1 is 1.75 bits per heavy atom. The minimum atomic E-state index is -2.97. The van der Waals surface area contributed by atoms with Crippen molar-refractivity contribution in [1.29, 1.82) is 0 Å². The van der Waals surface area contributed by atoms with Crippen molar-refractivity contribution in [2.75, 3.05) is 0 Å². The van der Waals surface area contributed by atoms with E-state index in [1.807, 2.05) is 0 Å². The lowest BCUT2D eigenvalue weighted by atomic mass is 10.6. The topological polar surface area (TPSA) is 63.6 Å². The normalized spacial score (nSPS) is 13.8. The van der Waals surface area contributed by atoms with Crippen LogP contribution in [0.4, 0.5) is 0 Å². The maximum atomic E-state index is 9.58. The van der Waals surface area contributed by atoms with E-state index >= 15 is 0 Å². The Labute approximate surface area is 48.6 Å². The third-order valence-corrected chi connectivity index (χ3v) is 0.784. The molecule has 0 aromatic heterocycles. The molecule has 0 aliphatic heterocycles. The summed E-state index contributed by atoms with van der Waals surface area (Å²) in [6.45, 7) is 3.07. The molecule has 0 rings (SSSR count). The van der Waals surface area contributed by atoms with Crippen LogP contribution in [0.15, 0.2) is 12.7 Å². The van der Waals surface area contributed by atoms with Crippen molar-refractivity contribution >= 4 is 11.0 Å². The molecule has 0 fully saturated rings. The SMILES string of the molecule is C=CC(O)O[SH](=O)=O. The molecule has 48 valence electrons. The first kappa shape index (κ1) is 7.61. The molecule has 5 heteroatoms. The molecule has 0 spiro atoms. The van der Waals surface area contributed by atoms with E-state index in [2.05, 4.69) is 10.8 Å². The Kier molecular flexibility index (Phi) is 3.42. The third-order valence-electron chi connectivity index (χ3n) is 0.396. The maximum absolute atomic E-state index is 9.58. The van der Waals surface area contributed by atoms with Crippen molar-refractivity contribution in [3.8, 4) is 0 Å². The Morgan fingerprint density at radius 2 is 2.25 bits per heavy atom. The van der Waals surface area contributed by atoms with Gasteiger partial charge in [-0.2, -0.15) is 0 Å². The minimum absolute atomic E-state index is 0.963. The average Bonchev–Trinajstić information content (AvgIpc) is 1.65. The minimum Gasteiger partial charge on any atom is -0.364 e. The second-order valence-electron chi connectivity index (χ2n) is 0.955. The summed E-state index contributed by atoms with van der Waals surface area (Å²) in [5.41, 5.74) is 0. The van der Waals surface area contributed by atoms with E-state index in [1.54, 1.807) is 0 Å². The lowest BCUT2D eigenvalue weighted by molar-refractivity contribution is 0.0352. The first-order valence-corrected chi connectivity index (χ1v) is 2.88. The molecule has 0 saturated carbocycles. The van der Waals surface area contributed by atoms with Crippen LogP contribution in [0.2, 0.25) is 0 Å². The van der Waals surface area contributed by atoms with Gasteiger partial charge in [-0.25, -0.2) is 12.6 Å². The van der Waals surface area contributed by atoms with Gasteiger partial charge in [0.15, 0.2) is 6.29 Å². The summed E-state index contributed by atoms with van der Waals surface area (Å²) in [5, 5.41) is 8.30. The highest BCUT2D eigenvalue weighted by molar-refractivity contribution is 7.67. The molecule has 0 aliphatic carbocycles. The highest BCUT2D eigenvalue weighted by atomic mass is 32.2. The van der Waals surface area contributed by atoms with Crippen molar-refractivity contribution in [2.45, 2.75) is 6.29 Å². The van der Waals surface area contributed by atoms with Gasteiger partial charge in [0.2, 0.25) is 0 Å². The molecular formula is C3H6O4S. The molecule has 0 aromatic rings. The molecule has 1 N–H and O–H groups in total. The zero-order chi connectivity index (χ0) is 6.57. The van der Waals surface area contributed by atoms with Crippen LogP contribution in [0.5, 0.6) is 0 Å². The summed E-state index contributed by atoms with van der Waals surface area (Å²) in [5.74, 6) is 0. The molecule has 1 atom stereocenters. The number of aliphatic hydroxyl groups is 1. The van der Waals surface area contributed by atoms with Crippen molar-refractivity contribution < 1.29 is 17.7 Å². The van der Waals surface area contributed by atoms with Crippen molar-refractivity contribution in [3.05, 3.63) is 12.7 Å². The zero-order valence-corrected chi connectivity index (χ0v) is 4.88. The van der Waals surface area contributed by atoms with E-state index < -0.39 is 17.3 Å². The molecule has 8 heavy (non-hydrogen) atoms. The van der Waals surface area contributed by atoms with Crippen LogP contribution in [-0.2, 0) is 15.2 Å². The molecule has 0 radical (unpaired) electrons. The lowest BCUT2D eigenvalue weighted by Crippen LogP contribution is -2.05. The predicted octanol–water partition coefficient (Wildman–Crippen LogP) is -0.966. The maximum Gasteiger partial charge on any atom is 0.259 e. The Hall–Kier alpha value is -0.390. The van der Waals surface area contributed by atoms with Crippen LogP contribution in [-0.4, -0.2) is 19.8 Å². The van der Waals surface area contributed by atoms with E-state index in [0.717, 1.165) is 6.08 Å². The van der Waals surface area contributed by atoms with Crippen LogP contribution in [0.1, 0.15) is 0 Å². The van der Waals surface area contributed by atoms with E-state index in [9.17, 15) is 8.42 Å². The van der Waals surface area contributed by atoms with Crippen molar-refractivity contribution in [2.24, 2.45) is 0 Å². The summed E-state index contributed by atoms with van der Waals surface area (Å²) >= 11 is 0. The molecule has 0 aliphatic rings. The summed E-state index contributed by atoms with van der Waals surface area (Å²) in [7, 11) is -2.97. The van der Waals surface area contributed by atoms with Gasteiger partial charge in [0.05, 0.1) is 0 Å². The number of hydrogen-bond donors (Lipinski definition) is 2. The van der Waals surface area contributed by atoms with Crippen molar-refractivity contribution in [3.63, 3.8) is 0 Å². The summed E-state index contributed by atoms with van der Waals surface area (Å²) < 4.78 is 22.9. The van der Waals surface area contributed by atoms with E-state index in [4.69, 9.17) is 5.11 Å². The second-order valence-corrected chi connectivity index (χ2v) is 1.61. The fourth-order valence-corrected chi connectivity index (χ4v) is 0.394.